The van der Waals surface area contributed by atoms with Crippen LogP contribution in [0.5, 0.6) is 0 Å². The molecule has 1 saturated heterocycles. The molecule has 1 aliphatic rings. The molecule has 1 unspecified atom stereocenters. The third-order valence-electron chi connectivity index (χ3n) is 3.24. The molecule has 1 N–H and O–H groups in total. The summed E-state index contributed by atoms with van der Waals surface area (Å²) in [4.78, 5) is 2.69. The van der Waals surface area contributed by atoms with Crippen molar-refractivity contribution < 1.29 is 0 Å². The highest BCUT2D eigenvalue weighted by Crippen LogP contribution is 2.17. The van der Waals surface area contributed by atoms with Crippen molar-refractivity contribution in [3.05, 3.63) is 0 Å². The first-order valence-corrected chi connectivity index (χ1v) is 6.27. The number of likely N-dealkylation sites (N-methyl/N-ethyl adjacent to an activating group) is 1. The van der Waals surface area contributed by atoms with E-state index in [4.69, 9.17) is 0 Å². The zero-order valence-electron chi connectivity index (χ0n) is 9.89. The van der Waals surface area contributed by atoms with Crippen LogP contribution in [0, 0.1) is 0 Å². The summed E-state index contributed by atoms with van der Waals surface area (Å²) in [6.07, 6.45) is 8.35. The molecule has 1 heterocycles. The Hall–Kier alpha value is -0.0800. The first kappa shape index (κ1) is 12.0. The van der Waals surface area contributed by atoms with Gasteiger partial charge >= 0.3 is 0 Å². The quantitative estimate of drug-likeness (QED) is 0.659. The Bertz CT molecular complexity index is 134. The third kappa shape index (κ3) is 3.97. The summed E-state index contributed by atoms with van der Waals surface area (Å²) >= 11 is 0. The van der Waals surface area contributed by atoms with Crippen LogP contribution in [0.1, 0.15) is 45.4 Å². The fraction of sp³-hybridized carbons (Fsp3) is 1.00. The van der Waals surface area contributed by atoms with Crippen LogP contribution in [0.3, 0.4) is 0 Å². The summed E-state index contributed by atoms with van der Waals surface area (Å²) in [6, 6.07) is 0.811. The summed E-state index contributed by atoms with van der Waals surface area (Å²) in [5.74, 6) is 0. The van der Waals surface area contributed by atoms with Crippen LogP contribution in [-0.2, 0) is 0 Å². The van der Waals surface area contributed by atoms with Gasteiger partial charge in [-0.05, 0) is 39.4 Å². The van der Waals surface area contributed by atoms with E-state index in [2.05, 4.69) is 24.2 Å². The average molecular weight is 198 g/mol. The molecule has 1 atom stereocenters. The van der Waals surface area contributed by atoms with E-state index in [0.29, 0.717) is 0 Å². The zero-order valence-corrected chi connectivity index (χ0v) is 9.89. The van der Waals surface area contributed by atoms with Gasteiger partial charge in [-0.2, -0.15) is 0 Å². The Morgan fingerprint density at radius 2 is 2.14 bits per heavy atom. The normalized spacial score (nSPS) is 24.0. The maximum Gasteiger partial charge on any atom is 0.0220 e. The lowest BCUT2D eigenvalue weighted by atomic mass is 10.0. The van der Waals surface area contributed by atoms with Gasteiger partial charge in [0, 0.05) is 12.6 Å². The number of nitrogens with zero attached hydrogens (tertiary/aromatic N) is 1. The topological polar surface area (TPSA) is 15.3 Å². The highest BCUT2D eigenvalue weighted by atomic mass is 15.2. The van der Waals surface area contributed by atoms with Gasteiger partial charge in [0.15, 0.2) is 0 Å². The van der Waals surface area contributed by atoms with Gasteiger partial charge in [0.05, 0.1) is 0 Å². The fourth-order valence-corrected chi connectivity index (χ4v) is 2.39. The first-order chi connectivity index (χ1) is 6.88. The second kappa shape index (κ2) is 7.24. The molecule has 2 heteroatoms. The van der Waals surface area contributed by atoms with Crippen molar-refractivity contribution in [3.63, 3.8) is 0 Å². The van der Waals surface area contributed by atoms with Gasteiger partial charge in [-0.25, -0.2) is 0 Å². The molecular formula is C12H26N2. The highest BCUT2D eigenvalue weighted by molar-refractivity contribution is 4.78. The summed E-state index contributed by atoms with van der Waals surface area (Å²) < 4.78 is 0. The van der Waals surface area contributed by atoms with Crippen LogP contribution < -0.4 is 5.32 Å². The molecule has 0 amide bonds. The van der Waals surface area contributed by atoms with Crippen molar-refractivity contribution in [2.24, 2.45) is 0 Å². The summed E-state index contributed by atoms with van der Waals surface area (Å²) in [6.45, 7) is 6.10. The second-order valence-electron chi connectivity index (χ2n) is 4.45. The van der Waals surface area contributed by atoms with Gasteiger partial charge in [-0.1, -0.05) is 26.2 Å². The third-order valence-corrected chi connectivity index (χ3v) is 3.24. The number of nitrogens with one attached hydrogen (secondary N) is 1. The SMILES string of the molecule is CCCCCN1CCCCC1CNC. The number of rotatable bonds is 6. The molecule has 1 rings (SSSR count). The van der Waals surface area contributed by atoms with Crippen LogP contribution in [0.4, 0.5) is 0 Å². The highest BCUT2D eigenvalue weighted by Gasteiger charge is 2.20. The van der Waals surface area contributed by atoms with Gasteiger partial charge < -0.3 is 5.32 Å². The molecule has 1 aliphatic heterocycles. The molecule has 84 valence electrons. The second-order valence-corrected chi connectivity index (χ2v) is 4.45. The standard InChI is InChI=1S/C12H26N2/c1-3-4-6-9-14-10-7-5-8-12(14)11-13-2/h12-13H,3-11H2,1-2H3. The zero-order chi connectivity index (χ0) is 10.2. The van der Waals surface area contributed by atoms with E-state index < -0.39 is 0 Å². The van der Waals surface area contributed by atoms with Crippen LogP contribution >= 0.6 is 0 Å². The molecule has 0 spiro atoms. The van der Waals surface area contributed by atoms with E-state index >= 15 is 0 Å². The minimum Gasteiger partial charge on any atom is -0.318 e. The van der Waals surface area contributed by atoms with Crippen molar-refractivity contribution >= 4 is 0 Å². The summed E-state index contributed by atoms with van der Waals surface area (Å²) in [5.41, 5.74) is 0. The lowest BCUT2D eigenvalue weighted by molar-refractivity contribution is 0.144. The van der Waals surface area contributed by atoms with E-state index in [9.17, 15) is 0 Å². The van der Waals surface area contributed by atoms with Gasteiger partial charge in [0.25, 0.3) is 0 Å². The Balaban J connectivity index is 2.22. The molecule has 2 nitrogen and oxygen atoms in total. The number of piperidine rings is 1. The van der Waals surface area contributed by atoms with Gasteiger partial charge in [-0.15, -0.1) is 0 Å². The molecule has 0 aromatic heterocycles. The largest absolute Gasteiger partial charge is 0.318 e. The average Bonchev–Trinajstić information content (AvgIpc) is 2.21. The van der Waals surface area contributed by atoms with E-state index in [-0.39, 0.29) is 0 Å². The molecule has 0 radical (unpaired) electrons. The van der Waals surface area contributed by atoms with Crippen molar-refractivity contribution in [1.29, 1.82) is 0 Å². The molecule has 14 heavy (non-hydrogen) atoms. The van der Waals surface area contributed by atoms with Crippen LogP contribution in [0.2, 0.25) is 0 Å². The molecule has 0 saturated carbocycles. The lowest BCUT2D eigenvalue weighted by Gasteiger charge is -2.35. The van der Waals surface area contributed by atoms with Crippen molar-refractivity contribution in [2.75, 3.05) is 26.7 Å². The molecule has 0 aromatic rings. The predicted octanol–water partition coefficient (Wildman–Crippen LogP) is 2.25. The Labute approximate surface area is 89.1 Å². The van der Waals surface area contributed by atoms with Crippen LogP contribution in [0.15, 0.2) is 0 Å². The van der Waals surface area contributed by atoms with Crippen molar-refractivity contribution in [3.8, 4) is 0 Å². The number of unbranched alkanes of at least 4 members (excludes halogenated alkanes) is 2. The van der Waals surface area contributed by atoms with E-state index in [1.807, 2.05) is 0 Å². The maximum absolute atomic E-state index is 3.32. The van der Waals surface area contributed by atoms with E-state index in [1.165, 1.54) is 58.2 Å². The minimum atomic E-state index is 0.811. The Morgan fingerprint density at radius 3 is 2.86 bits per heavy atom. The van der Waals surface area contributed by atoms with E-state index in [1.54, 1.807) is 0 Å². The molecule has 1 fully saturated rings. The Kier molecular flexibility index (Phi) is 6.20. The molecule has 0 aromatic carbocycles. The lowest BCUT2D eigenvalue weighted by Crippen LogP contribution is -2.45. The molecular weight excluding hydrogens is 172 g/mol. The summed E-state index contributed by atoms with van der Waals surface area (Å²) in [5, 5.41) is 3.32. The fourth-order valence-electron chi connectivity index (χ4n) is 2.39. The molecule has 0 bridgehead atoms. The number of hydrogen-bond acceptors (Lipinski definition) is 2. The van der Waals surface area contributed by atoms with E-state index in [0.717, 1.165) is 6.04 Å². The van der Waals surface area contributed by atoms with Gasteiger partial charge in [0.1, 0.15) is 0 Å². The van der Waals surface area contributed by atoms with Crippen molar-refractivity contribution in [2.45, 2.75) is 51.5 Å². The minimum absolute atomic E-state index is 0.811. The molecule has 0 aliphatic carbocycles. The van der Waals surface area contributed by atoms with Gasteiger partial charge in [-0.3, -0.25) is 4.90 Å². The number of hydrogen-bond donors (Lipinski definition) is 1. The van der Waals surface area contributed by atoms with Crippen molar-refractivity contribution in [1.82, 2.24) is 10.2 Å². The predicted molar refractivity (Wildman–Crippen MR) is 62.7 cm³/mol. The van der Waals surface area contributed by atoms with Gasteiger partial charge in [0.2, 0.25) is 0 Å². The monoisotopic (exact) mass is 198 g/mol. The Morgan fingerprint density at radius 1 is 1.29 bits per heavy atom. The van der Waals surface area contributed by atoms with Crippen LogP contribution in [-0.4, -0.2) is 37.6 Å². The summed E-state index contributed by atoms with van der Waals surface area (Å²) in [7, 11) is 2.07. The number of likely N-dealkylation sites (tertiary alicyclic amines) is 1. The first-order valence-electron chi connectivity index (χ1n) is 6.27. The van der Waals surface area contributed by atoms with Crippen LogP contribution in [0.25, 0.3) is 0 Å². The maximum atomic E-state index is 3.32. The smallest absolute Gasteiger partial charge is 0.0220 e.